The Morgan fingerprint density at radius 2 is 2.00 bits per heavy atom. The fraction of sp³-hybridized carbons (Fsp3) is 0.471. The molecule has 0 fully saturated rings. The zero-order chi connectivity index (χ0) is 14.9. The zero-order valence-corrected chi connectivity index (χ0v) is 14.0. The van der Waals surface area contributed by atoms with Gasteiger partial charge in [0.2, 0.25) is 0 Å². The lowest BCUT2D eigenvalue weighted by Crippen LogP contribution is -2.25. The van der Waals surface area contributed by atoms with Gasteiger partial charge in [-0.3, -0.25) is 4.79 Å². The van der Waals surface area contributed by atoms with Crippen LogP contribution in [0.25, 0.3) is 11.0 Å². The van der Waals surface area contributed by atoms with Gasteiger partial charge >= 0.3 is 0 Å². The molecule has 116 valence electrons. The molecule has 4 heteroatoms. The van der Waals surface area contributed by atoms with Crippen molar-refractivity contribution in [3.05, 3.63) is 35.6 Å². The lowest BCUT2D eigenvalue weighted by Gasteiger charge is -2.25. The van der Waals surface area contributed by atoms with Crippen LogP contribution in [-0.2, 0) is 11.0 Å². The molecule has 21 heavy (non-hydrogen) atoms. The number of furan rings is 1. The van der Waals surface area contributed by atoms with Crippen LogP contribution in [-0.4, -0.2) is 14.8 Å². The molecule has 3 nitrogen and oxygen atoms in total. The van der Waals surface area contributed by atoms with Crippen LogP contribution in [0.15, 0.2) is 28.9 Å². The van der Waals surface area contributed by atoms with Gasteiger partial charge in [-0.15, -0.1) is 0 Å². The van der Waals surface area contributed by atoms with Crippen molar-refractivity contribution in [2.75, 3.05) is 0 Å². The monoisotopic (exact) mass is 306 g/mol. The van der Waals surface area contributed by atoms with Crippen molar-refractivity contribution in [2.24, 2.45) is 0 Å². The summed E-state index contributed by atoms with van der Waals surface area (Å²) in [6.07, 6.45) is 1.53. The number of rotatable bonds is 4. The molecule has 0 bridgehead atoms. The molecule has 0 saturated heterocycles. The molecule has 1 aromatic heterocycles. The van der Waals surface area contributed by atoms with E-state index in [0.717, 1.165) is 16.5 Å². The second kappa shape index (κ2) is 6.58. The summed E-state index contributed by atoms with van der Waals surface area (Å²) in [5.41, 5.74) is 2.48. The number of ketones is 1. The van der Waals surface area contributed by atoms with Gasteiger partial charge in [0.05, 0.1) is 12.2 Å². The molecule has 0 radical (unpaired) electrons. The van der Waals surface area contributed by atoms with Gasteiger partial charge in [0, 0.05) is 5.39 Å². The van der Waals surface area contributed by atoms with E-state index in [4.69, 9.17) is 8.84 Å². The fourth-order valence-corrected chi connectivity index (χ4v) is 2.85. The second-order valence-electron chi connectivity index (χ2n) is 6.36. The number of hydrogen-bond acceptors (Lipinski definition) is 3. The Hall–Kier alpha value is -1.39. The van der Waals surface area contributed by atoms with Crippen LogP contribution < -0.4 is 0 Å². The van der Waals surface area contributed by atoms with Gasteiger partial charge in [-0.2, -0.15) is 0 Å². The fourth-order valence-electron chi connectivity index (χ4n) is 1.91. The molecule has 0 aliphatic rings. The third kappa shape index (κ3) is 4.05. The molecule has 1 heterocycles. The topological polar surface area (TPSA) is 39.4 Å². The largest absolute Gasteiger partial charge is 0.464 e. The average molecular weight is 306 g/mol. The van der Waals surface area contributed by atoms with Gasteiger partial charge in [-0.05, 0) is 30.1 Å². The van der Waals surface area contributed by atoms with Crippen LogP contribution in [0, 0.1) is 0 Å². The summed E-state index contributed by atoms with van der Waals surface area (Å²) >= 11 is 0. The van der Waals surface area contributed by atoms with Crippen molar-refractivity contribution >= 4 is 25.8 Å². The average Bonchev–Trinajstić information content (AvgIpc) is 2.77. The zero-order valence-electron chi connectivity index (χ0n) is 12.8. The molecular weight excluding hydrogens is 280 g/mol. The number of benzene rings is 1. The van der Waals surface area contributed by atoms with E-state index in [-0.39, 0.29) is 18.2 Å². The summed E-state index contributed by atoms with van der Waals surface area (Å²) in [5, 5.41) is 1.14. The highest BCUT2D eigenvalue weighted by atomic mass is 28.3. The first kappa shape index (κ1) is 17.7. The standard InChI is InChI=1S/C16H22O3Si.CH4/c1-11(17)14-10-18-15-8-12(6-7-13(14)15)9-19-20(5)16(2,3)4;/h6-8,10,20H,9H2,1-5H3;1H4. The van der Waals surface area contributed by atoms with Gasteiger partial charge in [0.15, 0.2) is 14.8 Å². The van der Waals surface area contributed by atoms with Crippen LogP contribution in [0.1, 0.15) is 51.0 Å². The Morgan fingerprint density at radius 1 is 1.33 bits per heavy atom. The minimum atomic E-state index is -1.22. The number of fused-ring (bicyclic) bond motifs is 1. The van der Waals surface area contributed by atoms with Gasteiger partial charge in [0.1, 0.15) is 11.8 Å². The molecule has 2 aromatic rings. The smallest absolute Gasteiger partial charge is 0.179 e. The highest BCUT2D eigenvalue weighted by Crippen LogP contribution is 2.28. The molecule has 2 rings (SSSR count). The second-order valence-corrected chi connectivity index (χ2v) is 9.71. The summed E-state index contributed by atoms with van der Waals surface area (Å²) in [7, 11) is -1.22. The number of carbonyl (C=O) groups is 1. The van der Waals surface area contributed by atoms with Crippen molar-refractivity contribution in [3.63, 3.8) is 0 Å². The van der Waals surface area contributed by atoms with Crippen LogP contribution in [0.3, 0.4) is 0 Å². The number of Topliss-reactive ketones (excluding diaryl/α,β-unsaturated/α-hetero) is 1. The van der Waals surface area contributed by atoms with Crippen molar-refractivity contribution in [1.82, 2.24) is 0 Å². The molecule has 0 saturated carbocycles. The van der Waals surface area contributed by atoms with E-state index in [1.54, 1.807) is 6.92 Å². The maximum Gasteiger partial charge on any atom is 0.179 e. The predicted molar refractivity (Wildman–Crippen MR) is 90.5 cm³/mol. The molecule has 1 aromatic carbocycles. The molecular formula is C17H26O3Si. The summed E-state index contributed by atoms with van der Waals surface area (Å²) in [5.74, 6) is 0.0292. The lowest BCUT2D eigenvalue weighted by atomic mass is 10.1. The van der Waals surface area contributed by atoms with Gasteiger partial charge in [-0.25, -0.2) is 0 Å². The van der Waals surface area contributed by atoms with Crippen LogP contribution in [0.2, 0.25) is 11.6 Å². The molecule has 0 N–H and O–H groups in total. The van der Waals surface area contributed by atoms with E-state index < -0.39 is 9.04 Å². The van der Waals surface area contributed by atoms with Crippen molar-refractivity contribution in [3.8, 4) is 0 Å². The minimum absolute atomic E-state index is 0. The third-order valence-corrected chi connectivity index (χ3v) is 6.84. The SMILES string of the molecule is C.CC(=O)c1coc2cc(CO[SiH](C)C(C)(C)C)ccc12. The normalized spacial score (nSPS) is 13.0. The van der Waals surface area contributed by atoms with Crippen molar-refractivity contribution < 1.29 is 13.6 Å². The number of carbonyl (C=O) groups excluding carboxylic acids is 1. The third-order valence-electron chi connectivity index (χ3n) is 3.74. The Kier molecular flexibility index (Phi) is 5.53. The summed E-state index contributed by atoms with van der Waals surface area (Å²) in [4.78, 5) is 11.5. The molecule has 0 aliphatic heterocycles. The predicted octanol–water partition coefficient (Wildman–Crippen LogP) is 4.94. The Balaban J connectivity index is 0.00000220. The van der Waals surface area contributed by atoms with E-state index in [2.05, 4.69) is 27.3 Å². The molecule has 0 spiro atoms. The van der Waals surface area contributed by atoms with E-state index in [1.807, 2.05) is 18.2 Å². The Bertz CT molecular complexity index is 622. The molecule has 0 aliphatic carbocycles. The number of hydrogen-bond donors (Lipinski definition) is 0. The van der Waals surface area contributed by atoms with E-state index in [9.17, 15) is 4.79 Å². The first-order chi connectivity index (χ1) is 9.29. The highest BCUT2D eigenvalue weighted by molar-refractivity contribution is 6.53. The van der Waals surface area contributed by atoms with Gasteiger partial charge < -0.3 is 8.84 Å². The summed E-state index contributed by atoms with van der Waals surface area (Å²) in [6, 6.07) is 5.91. The molecule has 1 unspecified atom stereocenters. The summed E-state index contributed by atoms with van der Waals surface area (Å²) in [6.45, 7) is 11.0. The van der Waals surface area contributed by atoms with E-state index in [0.29, 0.717) is 12.2 Å². The van der Waals surface area contributed by atoms with Crippen molar-refractivity contribution in [2.45, 2.75) is 53.3 Å². The quantitative estimate of drug-likeness (QED) is 0.593. The van der Waals surface area contributed by atoms with Gasteiger partial charge in [-0.1, -0.05) is 40.3 Å². The van der Waals surface area contributed by atoms with Crippen LogP contribution >= 0.6 is 0 Å². The first-order valence-electron chi connectivity index (χ1n) is 6.91. The maximum atomic E-state index is 11.5. The van der Waals surface area contributed by atoms with Crippen LogP contribution in [0.5, 0.6) is 0 Å². The first-order valence-corrected chi connectivity index (χ1v) is 9.12. The highest BCUT2D eigenvalue weighted by Gasteiger charge is 2.23. The maximum absolute atomic E-state index is 11.5. The molecule has 1 atom stereocenters. The summed E-state index contributed by atoms with van der Waals surface area (Å²) < 4.78 is 11.5. The van der Waals surface area contributed by atoms with E-state index in [1.165, 1.54) is 6.26 Å². The van der Waals surface area contributed by atoms with Gasteiger partial charge in [0.25, 0.3) is 0 Å². The minimum Gasteiger partial charge on any atom is -0.464 e. The van der Waals surface area contributed by atoms with E-state index >= 15 is 0 Å². The Labute approximate surface area is 129 Å². The van der Waals surface area contributed by atoms with Crippen LogP contribution in [0.4, 0.5) is 0 Å². The lowest BCUT2D eigenvalue weighted by molar-refractivity contribution is 0.101. The molecule has 0 amide bonds. The Morgan fingerprint density at radius 3 is 2.57 bits per heavy atom. The van der Waals surface area contributed by atoms with Crippen molar-refractivity contribution in [1.29, 1.82) is 0 Å².